The zero-order chi connectivity index (χ0) is 15.2. The van der Waals surface area contributed by atoms with Crippen LogP contribution in [-0.2, 0) is 12.8 Å². The molecule has 0 aromatic carbocycles. The van der Waals surface area contributed by atoms with Gasteiger partial charge in [-0.3, -0.25) is 5.01 Å². The number of hydrogen-bond donors (Lipinski definition) is 1. The van der Waals surface area contributed by atoms with E-state index in [-0.39, 0.29) is 12.8 Å². The molecule has 3 heterocycles. The third-order valence-corrected chi connectivity index (χ3v) is 5.68. The molecule has 1 aliphatic heterocycles. The molecule has 2 aromatic heterocycles. The molecule has 118 valence electrons. The lowest BCUT2D eigenvalue weighted by Gasteiger charge is -2.22. The van der Waals surface area contributed by atoms with Crippen molar-refractivity contribution in [2.45, 2.75) is 44.4 Å². The van der Waals surface area contributed by atoms with E-state index in [1.807, 2.05) is 0 Å². The Balaban J connectivity index is 1.79. The van der Waals surface area contributed by atoms with Gasteiger partial charge in [0.05, 0.1) is 10.2 Å². The zero-order valence-electron chi connectivity index (χ0n) is 12.2. The van der Waals surface area contributed by atoms with Gasteiger partial charge < -0.3 is 0 Å². The van der Waals surface area contributed by atoms with Crippen molar-refractivity contribution in [1.29, 1.82) is 0 Å². The summed E-state index contributed by atoms with van der Waals surface area (Å²) in [6, 6.07) is 0. The van der Waals surface area contributed by atoms with Gasteiger partial charge in [0, 0.05) is 30.8 Å². The van der Waals surface area contributed by atoms with Crippen LogP contribution in [0.1, 0.15) is 36.1 Å². The number of aryl methyl sites for hydroxylation is 1. The van der Waals surface area contributed by atoms with Crippen LogP contribution in [0, 0.1) is 0 Å². The van der Waals surface area contributed by atoms with Crippen molar-refractivity contribution in [3.63, 3.8) is 0 Å². The SMILES string of the molecule is FC1(F)CCc2sc3c(N4CCCCCN4)ncnc3c2C1. The van der Waals surface area contributed by atoms with E-state index in [1.165, 1.54) is 12.7 Å². The summed E-state index contributed by atoms with van der Waals surface area (Å²) >= 11 is 1.59. The van der Waals surface area contributed by atoms with Crippen LogP contribution in [-0.4, -0.2) is 29.0 Å². The molecule has 7 heteroatoms. The van der Waals surface area contributed by atoms with Gasteiger partial charge >= 0.3 is 0 Å². The number of alkyl halides is 2. The molecule has 1 fully saturated rings. The largest absolute Gasteiger partial charge is 0.291 e. The predicted octanol–water partition coefficient (Wildman–Crippen LogP) is 3.31. The molecule has 4 rings (SSSR count). The molecule has 1 N–H and O–H groups in total. The van der Waals surface area contributed by atoms with Crippen molar-refractivity contribution in [3.8, 4) is 0 Å². The van der Waals surface area contributed by atoms with E-state index in [2.05, 4.69) is 20.4 Å². The maximum Gasteiger partial charge on any atom is 0.252 e. The van der Waals surface area contributed by atoms with Gasteiger partial charge in [-0.1, -0.05) is 6.42 Å². The number of halogens is 2. The Kier molecular flexibility index (Phi) is 3.49. The van der Waals surface area contributed by atoms with Crippen LogP contribution in [0.3, 0.4) is 0 Å². The summed E-state index contributed by atoms with van der Waals surface area (Å²) in [4.78, 5) is 9.79. The molecule has 1 saturated heterocycles. The van der Waals surface area contributed by atoms with Crippen LogP contribution in [0.15, 0.2) is 6.33 Å². The summed E-state index contributed by atoms with van der Waals surface area (Å²) in [6.45, 7) is 1.82. The van der Waals surface area contributed by atoms with E-state index in [0.29, 0.717) is 6.42 Å². The predicted molar refractivity (Wildman–Crippen MR) is 83.6 cm³/mol. The highest BCUT2D eigenvalue weighted by Crippen LogP contribution is 2.42. The van der Waals surface area contributed by atoms with Crippen molar-refractivity contribution >= 4 is 27.4 Å². The van der Waals surface area contributed by atoms with Crippen molar-refractivity contribution in [2.24, 2.45) is 0 Å². The van der Waals surface area contributed by atoms with Crippen LogP contribution < -0.4 is 10.4 Å². The Bertz CT molecular complexity index is 692. The minimum absolute atomic E-state index is 0.0580. The Morgan fingerprint density at radius 3 is 3.05 bits per heavy atom. The number of hydrogen-bond acceptors (Lipinski definition) is 5. The minimum atomic E-state index is -2.60. The molecule has 1 aliphatic carbocycles. The molecule has 22 heavy (non-hydrogen) atoms. The first-order valence-corrected chi connectivity index (χ1v) is 8.60. The number of rotatable bonds is 1. The summed E-state index contributed by atoms with van der Waals surface area (Å²) in [5.41, 5.74) is 4.84. The number of fused-ring (bicyclic) bond motifs is 3. The lowest BCUT2D eigenvalue weighted by atomic mass is 9.95. The van der Waals surface area contributed by atoms with E-state index in [4.69, 9.17) is 0 Å². The van der Waals surface area contributed by atoms with Gasteiger partial charge in [-0.15, -0.1) is 11.3 Å². The van der Waals surface area contributed by atoms with Gasteiger partial charge in [0.1, 0.15) is 6.33 Å². The van der Waals surface area contributed by atoms with E-state index in [9.17, 15) is 8.78 Å². The van der Waals surface area contributed by atoms with E-state index in [0.717, 1.165) is 52.4 Å². The normalized spacial score (nSPS) is 21.6. The van der Waals surface area contributed by atoms with E-state index >= 15 is 0 Å². The fourth-order valence-corrected chi connectivity index (χ4v) is 4.53. The molecule has 2 aromatic rings. The topological polar surface area (TPSA) is 41.0 Å². The van der Waals surface area contributed by atoms with Crippen LogP contribution in [0.2, 0.25) is 0 Å². The molecule has 0 unspecified atom stereocenters. The summed E-state index contributed by atoms with van der Waals surface area (Å²) < 4.78 is 28.4. The third-order valence-electron chi connectivity index (χ3n) is 4.40. The van der Waals surface area contributed by atoms with E-state index in [1.54, 1.807) is 11.3 Å². The van der Waals surface area contributed by atoms with Crippen molar-refractivity contribution in [3.05, 3.63) is 16.8 Å². The maximum atomic E-state index is 13.7. The monoisotopic (exact) mass is 324 g/mol. The second-order valence-electron chi connectivity index (χ2n) is 6.03. The number of nitrogens with zero attached hydrogens (tertiary/aromatic N) is 3. The number of thiophene rings is 1. The number of nitrogens with one attached hydrogen (secondary N) is 1. The van der Waals surface area contributed by atoms with Crippen molar-refractivity contribution in [2.75, 3.05) is 18.1 Å². The van der Waals surface area contributed by atoms with Crippen molar-refractivity contribution in [1.82, 2.24) is 15.4 Å². The van der Waals surface area contributed by atoms with Crippen LogP contribution in [0.25, 0.3) is 10.2 Å². The number of aromatic nitrogens is 2. The molecule has 0 atom stereocenters. The van der Waals surface area contributed by atoms with Crippen LogP contribution in [0.4, 0.5) is 14.6 Å². The number of hydrazine groups is 1. The molecule has 0 saturated carbocycles. The minimum Gasteiger partial charge on any atom is -0.291 e. The first-order chi connectivity index (χ1) is 10.6. The summed E-state index contributed by atoms with van der Waals surface area (Å²) in [7, 11) is 0. The molecular weight excluding hydrogens is 306 g/mol. The Morgan fingerprint density at radius 1 is 1.23 bits per heavy atom. The molecule has 0 amide bonds. The van der Waals surface area contributed by atoms with Gasteiger partial charge in [-0.25, -0.2) is 24.2 Å². The summed E-state index contributed by atoms with van der Waals surface area (Å²) in [5.74, 6) is -1.76. The summed E-state index contributed by atoms with van der Waals surface area (Å²) in [5, 5.41) is 2.07. The molecule has 0 radical (unpaired) electrons. The molecule has 0 spiro atoms. The lowest BCUT2D eigenvalue weighted by Crippen LogP contribution is -2.38. The van der Waals surface area contributed by atoms with Gasteiger partial charge in [-0.2, -0.15) is 0 Å². The maximum absolute atomic E-state index is 13.7. The van der Waals surface area contributed by atoms with Gasteiger partial charge in [0.25, 0.3) is 5.92 Å². The fourth-order valence-electron chi connectivity index (χ4n) is 3.26. The standard InChI is InChI=1S/C15H18F2N4S/c16-15(17)5-4-11-10(8-15)12-13(22-11)14(19-9-18-12)21-7-3-1-2-6-20-21/h9,20H,1-8H2. The zero-order valence-corrected chi connectivity index (χ0v) is 13.1. The quantitative estimate of drug-likeness (QED) is 0.874. The molecule has 0 bridgehead atoms. The van der Waals surface area contributed by atoms with Gasteiger partial charge in [-0.05, 0) is 24.8 Å². The fraction of sp³-hybridized carbons (Fsp3) is 0.600. The first-order valence-electron chi connectivity index (χ1n) is 7.78. The number of anilines is 1. The highest BCUT2D eigenvalue weighted by atomic mass is 32.1. The second kappa shape index (κ2) is 5.38. The summed E-state index contributed by atoms with van der Waals surface area (Å²) in [6.07, 6.45) is 5.16. The third kappa shape index (κ3) is 2.46. The second-order valence-corrected chi connectivity index (χ2v) is 7.14. The lowest BCUT2D eigenvalue weighted by molar-refractivity contribution is -0.0113. The Hall–Kier alpha value is -1.34. The Labute approximate surface area is 131 Å². The highest BCUT2D eigenvalue weighted by Gasteiger charge is 2.37. The first kappa shape index (κ1) is 14.3. The van der Waals surface area contributed by atoms with Crippen molar-refractivity contribution < 1.29 is 8.78 Å². The van der Waals surface area contributed by atoms with Gasteiger partial charge in [0.2, 0.25) is 0 Å². The molecule has 2 aliphatic rings. The average molecular weight is 324 g/mol. The highest BCUT2D eigenvalue weighted by molar-refractivity contribution is 7.19. The molecular formula is C15H18F2N4S. The van der Waals surface area contributed by atoms with Crippen LogP contribution in [0.5, 0.6) is 0 Å². The smallest absolute Gasteiger partial charge is 0.252 e. The van der Waals surface area contributed by atoms with Crippen LogP contribution >= 0.6 is 11.3 Å². The Morgan fingerprint density at radius 2 is 2.14 bits per heavy atom. The van der Waals surface area contributed by atoms with E-state index < -0.39 is 5.92 Å². The molecule has 4 nitrogen and oxygen atoms in total. The van der Waals surface area contributed by atoms with Gasteiger partial charge in [0.15, 0.2) is 5.82 Å². The average Bonchev–Trinajstić information content (AvgIpc) is 2.69.